The molecule has 0 aromatic heterocycles. The highest BCUT2D eigenvalue weighted by Crippen LogP contribution is 2.41. The van der Waals surface area contributed by atoms with Crippen molar-refractivity contribution in [2.24, 2.45) is 0 Å². The standard InChI is InChI=1S/C24H28Cl2N2O/c1-16-17(2)28(24(29)14-18-9-10-21(25)22(26)13-18)23(15-27-11-5-6-12-27)20-8-4-3-7-19(16)20/h3-4,7-10,13,16-17,23H,5-6,11-12,14-15H2,1-2H3/t16-,17+,23-/m1/s1. The van der Waals surface area contributed by atoms with Gasteiger partial charge in [0.1, 0.15) is 0 Å². The molecule has 2 aliphatic rings. The summed E-state index contributed by atoms with van der Waals surface area (Å²) in [6, 6.07) is 14.4. The first kappa shape index (κ1) is 20.7. The van der Waals surface area contributed by atoms with Crippen LogP contribution in [0.25, 0.3) is 0 Å². The summed E-state index contributed by atoms with van der Waals surface area (Å²) in [6.07, 6.45) is 2.84. The van der Waals surface area contributed by atoms with Gasteiger partial charge in [0.05, 0.1) is 22.5 Å². The van der Waals surface area contributed by atoms with Crippen molar-refractivity contribution in [3.63, 3.8) is 0 Å². The van der Waals surface area contributed by atoms with Crippen LogP contribution in [0.2, 0.25) is 10.0 Å². The van der Waals surface area contributed by atoms with Crippen molar-refractivity contribution in [2.75, 3.05) is 19.6 Å². The molecule has 0 spiro atoms. The lowest BCUT2D eigenvalue weighted by molar-refractivity contribution is -0.137. The lowest BCUT2D eigenvalue weighted by Crippen LogP contribution is -2.51. The third-order valence-electron chi connectivity index (χ3n) is 6.60. The molecule has 1 fully saturated rings. The third-order valence-corrected chi connectivity index (χ3v) is 7.34. The Kier molecular flexibility index (Phi) is 6.19. The van der Waals surface area contributed by atoms with Crippen molar-refractivity contribution in [2.45, 2.75) is 51.1 Å². The second-order valence-electron chi connectivity index (χ2n) is 8.41. The molecule has 1 amide bonds. The van der Waals surface area contributed by atoms with E-state index >= 15 is 0 Å². The number of hydrogen-bond donors (Lipinski definition) is 0. The van der Waals surface area contributed by atoms with E-state index in [9.17, 15) is 4.79 Å². The summed E-state index contributed by atoms with van der Waals surface area (Å²) < 4.78 is 0. The van der Waals surface area contributed by atoms with Gasteiger partial charge < -0.3 is 9.80 Å². The number of rotatable bonds is 4. The van der Waals surface area contributed by atoms with E-state index in [1.54, 1.807) is 6.07 Å². The van der Waals surface area contributed by atoms with Crippen LogP contribution in [0.5, 0.6) is 0 Å². The highest BCUT2D eigenvalue weighted by Gasteiger charge is 2.39. The highest BCUT2D eigenvalue weighted by molar-refractivity contribution is 6.42. The molecule has 1 saturated heterocycles. The van der Waals surface area contributed by atoms with Crippen molar-refractivity contribution >= 4 is 29.1 Å². The Bertz CT molecular complexity index is 894. The number of nitrogens with zero attached hydrogens (tertiary/aromatic N) is 2. The van der Waals surface area contributed by atoms with E-state index in [-0.39, 0.29) is 18.0 Å². The number of halogens is 2. The minimum Gasteiger partial charge on any atom is -0.331 e. The van der Waals surface area contributed by atoms with Gasteiger partial charge in [0.15, 0.2) is 0 Å². The number of likely N-dealkylation sites (tertiary alicyclic amines) is 1. The molecule has 0 bridgehead atoms. The van der Waals surface area contributed by atoms with E-state index in [2.05, 4.69) is 47.9 Å². The molecule has 2 aromatic rings. The van der Waals surface area contributed by atoms with Crippen LogP contribution < -0.4 is 0 Å². The number of carbonyl (C=O) groups is 1. The van der Waals surface area contributed by atoms with Crippen LogP contribution in [0, 0.1) is 0 Å². The van der Waals surface area contributed by atoms with Crippen LogP contribution in [0.1, 0.15) is 55.3 Å². The molecule has 3 atom stereocenters. The summed E-state index contributed by atoms with van der Waals surface area (Å²) in [7, 11) is 0. The number of fused-ring (bicyclic) bond motifs is 1. The maximum atomic E-state index is 13.5. The number of carbonyl (C=O) groups excluding carboxylic acids is 1. The summed E-state index contributed by atoms with van der Waals surface area (Å²) in [4.78, 5) is 18.2. The molecule has 5 heteroatoms. The summed E-state index contributed by atoms with van der Waals surface area (Å²) >= 11 is 12.2. The molecule has 0 unspecified atom stereocenters. The molecule has 0 N–H and O–H groups in total. The van der Waals surface area contributed by atoms with Crippen LogP contribution >= 0.6 is 23.2 Å². The monoisotopic (exact) mass is 430 g/mol. The minimum atomic E-state index is 0.0887. The van der Waals surface area contributed by atoms with Crippen LogP contribution in [0.3, 0.4) is 0 Å². The fraction of sp³-hybridized carbons (Fsp3) is 0.458. The highest BCUT2D eigenvalue weighted by atomic mass is 35.5. The SMILES string of the molecule is C[C@H]1c2ccccc2[C@@H](CN2CCCC2)N(C(=O)Cc2ccc(Cl)c(Cl)c2)[C@H]1C. The first-order valence-corrected chi connectivity index (χ1v) is 11.3. The fourth-order valence-electron chi connectivity index (χ4n) is 4.88. The van der Waals surface area contributed by atoms with E-state index in [0.29, 0.717) is 22.4 Å². The molecule has 0 saturated carbocycles. The van der Waals surface area contributed by atoms with Crippen molar-refractivity contribution in [3.8, 4) is 0 Å². The number of benzene rings is 2. The molecule has 2 aromatic carbocycles. The average molecular weight is 431 g/mol. The summed E-state index contributed by atoms with van der Waals surface area (Å²) in [5, 5.41) is 1.01. The first-order valence-electron chi connectivity index (χ1n) is 10.5. The van der Waals surface area contributed by atoms with Gasteiger partial charge in [-0.3, -0.25) is 4.79 Å². The van der Waals surface area contributed by atoms with Gasteiger partial charge in [-0.15, -0.1) is 0 Å². The minimum absolute atomic E-state index is 0.0887. The third kappa shape index (κ3) is 4.19. The smallest absolute Gasteiger partial charge is 0.227 e. The molecule has 4 rings (SSSR count). The predicted octanol–water partition coefficient (Wildman–Crippen LogP) is 5.71. The van der Waals surface area contributed by atoms with Gasteiger partial charge in [-0.05, 0) is 61.7 Å². The van der Waals surface area contributed by atoms with Crippen LogP contribution in [-0.2, 0) is 11.2 Å². The van der Waals surface area contributed by atoms with Crippen molar-refractivity contribution in [3.05, 3.63) is 69.2 Å². The molecular formula is C24H28Cl2N2O. The maximum Gasteiger partial charge on any atom is 0.227 e. The van der Waals surface area contributed by atoms with Crippen LogP contribution in [0.4, 0.5) is 0 Å². The van der Waals surface area contributed by atoms with Gasteiger partial charge in [0, 0.05) is 18.5 Å². The summed E-state index contributed by atoms with van der Waals surface area (Å²) in [6.45, 7) is 7.56. The summed E-state index contributed by atoms with van der Waals surface area (Å²) in [5.74, 6) is 0.459. The second-order valence-corrected chi connectivity index (χ2v) is 9.22. The van der Waals surface area contributed by atoms with E-state index in [4.69, 9.17) is 23.2 Å². The Morgan fingerprint density at radius 2 is 1.69 bits per heavy atom. The fourth-order valence-corrected chi connectivity index (χ4v) is 5.20. The maximum absolute atomic E-state index is 13.5. The molecular weight excluding hydrogens is 403 g/mol. The second kappa shape index (κ2) is 8.67. The van der Waals surface area contributed by atoms with E-state index in [0.717, 1.165) is 25.2 Å². The lowest BCUT2D eigenvalue weighted by atomic mass is 9.81. The molecule has 3 nitrogen and oxygen atoms in total. The Balaban J connectivity index is 1.66. The average Bonchev–Trinajstić information content (AvgIpc) is 3.22. The van der Waals surface area contributed by atoms with E-state index in [1.807, 2.05) is 12.1 Å². The molecule has 2 heterocycles. The lowest BCUT2D eigenvalue weighted by Gasteiger charge is -2.46. The normalized spacial score (nSPS) is 24.6. The molecule has 0 aliphatic carbocycles. The van der Waals surface area contributed by atoms with Crippen molar-refractivity contribution < 1.29 is 4.79 Å². The van der Waals surface area contributed by atoms with E-state index < -0.39 is 0 Å². The first-order chi connectivity index (χ1) is 14.0. The van der Waals surface area contributed by atoms with Gasteiger partial charge in [-0.1, -0.05) is 60.5 Å². The largest absolute Gasteiger partial charge is 0.331 e. The van der Waals surface area contributed by atoms with Gasteiger partial charge >= 0.3 is 0 Å². The van der Waals surface area contributed by atoms with Crippen molar-refractivity contribution in [1.82, 2.24) is 9.80 Å². The van der Waals surface area contributed by atoms with Crippen LogP contribution in [0.15, 0.2) is 42.5 Å². The van der Waals surface area contributed by atoms with Crippen molar-refractivity contribution in [1.29, 1.82) is 0 Å². The van der Waals surface area contributed by atoms with Gasteiger partial charge in [-0.2, -0.15) is 0 Å². The number of hydrogen-bond acceptors (Lipinski definition) is 2. The quantitative estimate of drug-likeness (QED) is 0.619. The molecule has 2 aliphatic heterocycles. The van der Waals surface area contributed by atoms with Gasteiger partial charge in [0.2, 0.25) is 5.91 Å². The zero-order valence-corrected chi connectivity index (χ0v) is 18.6. The van der Waals surface area contributed by atoms with Gasteiger partial charge in [0.25, 0.3) is 0 Å². The number of amides is 1. The summed E-state index contributed by atoms with van der Waals surface area (Å²) in [5.41, 5.74) is 3.58. The van der Waals surface area contributed by atoms with Crippen LogP contribution in [-0.4, -0.2) is 41.4 Å². The zero-order chi connectivity index (χ0) is 20.5. The molecule has 154 valence electrons. The Labute approximate surface area is 183 Å². The topological polar surface area (TPSA) is 23.6 Å². The van der Waals surface area contributed by atoms with Gasteiger partial charge in [-0.25, -0.2) is 0 Å². The zero-order valence-electron chi connectivity index (χ0n) is 17.1. The Morgan fingerprint density at radius 1 is 1.00 bits per heavy atom. The predicted molar refractivity (Wildman–Crippen MR) is 120 cm³/mol. The molecule has 29 heavy (non-hydrogen) atoms. The Hall–Kier alpha value is -1.55. The molecule has 0 radical (unpaired) electrons. The Morgan fingerprint density at radius 3 is 2.38 bits per heavy atom. The van der Waals surface area contributed by atoms with E-state index in [1.165, 1.54) is 24.0 Å².